The van der Waals surface area contributed by atoms with E-state index in [0.29, 0.717) is 6.54 Å². The summed E-state index contributed by atoms with van der Waals surface area (Å²) in [5.74, 6) is -0.0155. The van der Waals surface area contributed by atoms with Gasteiger partial charge in [-0.3, -0.25) is 9.48 Å². The Morgan fingerprint density at radius 2 is 2.19 bits per heavy atom. The Morgan fingerprint density at radius 3 is 2.62 bits per heavy atom. The molecule has 0 unspecified atom stereocenters. The number of aromatic nitrogens is 2. The number of nitrogens with one attached hydrogen (secondary N) is 2. The van der Waals surface area contributed by atoms with Gasteiger partial charge in [-0.25, -0.2) is 0 Å². The van der Waals surface area contributed by atoms with Crippen molar-refractivity contribution in [3.63, 3.8) is 0 Å². The minimum atomic E-state index is -0.546. The van der Waals surface area contributed by atoms with Gasteiger partial charge in [-0.15, -0.1) is 0 Å². The second-order valence-corrected chi connectivity index (χ2v) is 4.47. The fraction of sp³-hybridized carbons (Fsp3) is 0.636. The highest BCUT2D eigenvalue weighted by Gasteiger charge is 2.24. The number of hydrogen-bond acceptors (Lipinski definition) is 3. The van der Waals surface area contributed by atoms with E-state index in [4.69, 9.17) is 0 Å². The Balaban J connectivity index is 2.59. The van der Waals surface area contributed by atoms with Gasteiger partial charge in [-0.05, 0) is 27.8 Å². The molecule has 0 aliphatic carbocycles. The van der Waals surface area contributed by atoms with Gasteiger partial charge in [0.2, 0.25) is 5.91 Å². The molecule has 0 fully saturated rings. The number of rotatable bonds is 4. The zero-order chi connectivity index (χ0) is 12.3. The Hall–Kier alpha value is -1.36. The lowest BCUT2D eigenvalue weighted by molar-refractivity contribution is -0.126. The van der Waals surface area contributed by atoms with E-state index < -0.39 is 5.54 Å². The van der Waals surface area contributed by atoms with Crippen LogP contribution in [0, 0.1) is 6.92 Å². The monoisotopic (exact) mass is 224 g/mol. The molecule has 5 nitrogen and oxygen atoms in total. The fourth-order valence-electron chi connectivity index (χ4n) is 1.33. The molecule has 1 aromatic heterocycles. The normalized spacial score (nSPS) is 11.6. The van der Waals surface area contributed by atoms with Gasteiger partial charge in [0.1, 0.15) is 0 Å². The first-order valence-electron chi connectivity index (χ1n) is 5.33. The van der Waals surface area contributed by atoms with Gasteiger partial charge in [0, 0.05) is 25.4 Å². The molecule has 1 amide bonds. The van der Waals surface area contributed by atoms with Crippen molar-refractivity contribution in [1.82, 2.24) is 20.4 Å². The van der Waals surface area contributed by atoms with E-state index in [-0.39, 0.29) is 5.91 Å². The number of aryl methyl sites for hydroxylation is 2. The van der Waals surface area contributed by atoms with E-state index in [1.165, 1.54) is 0 Å². The lowest BCUT2D eigenvalue weighted by Crippen LogP contribution is -2.50. The van der Waals surface area contributed by atoms with E-state index in [1.807, 2.05) is 34.0 Å². The summed E-state index contributed by atoms with van der Waals surface area (Å²) >= 11 is 0. The molecular formula is C11H20N4O. The number of carbonyl (C=O) groups is 1. The Bertz CT molecular complexity index is 381. The van der Waals surface area contributed by atoms with Gasteiger partial charge in [-0.2, -0.15) is 5.10 Å². The van der Waals surface area contributed by atoms with Crippen LogP contribution in [0.4, 0.5) is 0 Å². The molecule has 0 bridgehead atoms. The van der Waals surface area contributed by atoms with Crippen LogP contribution in [0.5, 0.6) is 0 Å². The predicted octanol–water partition coefficient (Wildman–Crippen LogP) is 0.343. The third kappa shape index (κ3) is 2.82. The summed E-state index contributed by atoms with van der Waals surface area (Å²) in [5.41, 5.74) is 1.45. The van der Waals surface area contributed by atoms with Gasteiger partial charge in [0.15, 0.2) is 0 Å². The second kappa shape index (κ2) is 4.65. The molecule has 0 saturated heterocycles. The van der Waals surface area contributed by atoms with Crippen LogP contribution in [0.1, 0.15) is 25.1 Å². The number of likely N-dealkylation sites (N-methyl/N-ethyl adjacent to an activating group) is 1. The SMILES string of the molecule is CNC(C)(C)C(=O)NCc1cn(C)nc1C. The first kappa shape index (κ1) is 12.7. The molecule has 1 rings (SSSR count). The third-order valence-electron chi connectivity index (χ3n) is 2.75. The minimum absolute atomic E-state index is 0.0155. The maximum absolute atomic E-state index is 11.8. The summed E-state index contributed by atoms with van der Waals surface area (Å²) in [5, 5.41) is 10.1. The van der Waals surface area contributed by atoms with Crippen molar-refractivity contribution in [3.05, 3.63) is 17.5 Å². The largest absolute Gasteiger partial charge is 0.350 e. The topological polar surface area (TPSA) is 59.0 Å². The van der Waals surface area contributed by atoms with Gasteiger partial charge < -0.3 is 10.6 Å². The molecule has 1 aromatic rings. The molecule has 0 aliphatic rings. The molecule has 0 radical (unpaired) electrons. The highest BCUT2D eigenvalue weighted by molar-refractivity contribution is 5.85. The average Bonchev–Trinajstić information content (AvgIpc) is 2.53. The van der Waals surface area contributed by atoms with Crippen LogP contribution in [-0.4, -0.2) is 28.3 Å². The molecule has 0 aromatic carbocycles. The molecule has 2 N–H and O–H groups in total. The molecule has 0 aliphatic heterocycles. The predicted molar refractivity (Wildman–Crippen MR) is 62.9 cm³/mol. The molecule has 1 heterocycles. The standard InChI is InChI=1S/C11H20N4O/c1-8-9(7-15(5)14-8)6-13-10(16)11(2,3)12-4/h7,12H,6H2,1-5H3,(H,13,16). The van der Waals surface area contributed by atoms with Gasteiger partial charge in [0.25, 0.3) is 0 Å². The summed E-state index contributed by atoms with van der Waals surface area (Å²) in [4.78, 5) is 11.8. The average molecular weight is 224 g/mol. The van der Waals surface area contributed by atoms with Crippen LogP contribution in [0.2, 0.25) is 0 Å². The zero-order valence-corrected chi connectivity index (χ0v) is 10.6. The molecule has 0 spiro atoms. The number of carbonyl (C=O) groups excluding carboxylic acids is 1. The Labute approximate surface area is 96.2 Å². The number of amides is 1. The van der Waals surface area contributed by atoms with Crippen molar-refractivity contribution in [3.8, 4) is 0 Å². The quantitative estimate of drug-likeness (QED) is 0.775. The first-order valence-corrected chi connectivity index (χ1v) is 5.33. The van der Waals surface area contributed by atoms with Crippen LogP contribution >= 0.6 is 0 Å². The second-order valence-electron chi connectivity index (χ2n) is 4.47. The van der Waals surface area contributed by atoms with Crippen LogP contribution < -0.4 is 10.6 Å². The van der Waals surface area contributed by atoms with Crippen molar-refractivity contribution < 1.29 is 4.79 Å². The first-order chi connectivity index (χ1) is 7.36. The highest BCUT2D eigenvalue weighted by atomic mass is 16.2. The van der Waals surface area contributed by atoms with Crippen molar-refractivity contribution >= 4 is 5.91 Å². The zero-order valence-electron chi connectivity index (χ0n) is 10.6. The molecule has 16 heavy (non-hydrogen) atoms. The minimum Gasteiger partial charge on any atom is -0.350 e. The van der Waals surface area contributed by atoms with Crippen molar-refractivity contribution in [2.24, 2.45) is 7.05 Å². The van der Waals surface area contributed by atoms with E-state index in [0.717, 1.165) is 11.3 Å². The van der Waals surface area contributed by atoms with Crippen molar-refractivity contribution in [2.75, 3.05) is 7.05 Å². The molecule has 0 saturated carbocycles. The van der Waals surface area contributed by atoms with Crippen LogP contribution in [0.25, 0.3) is 0 Å². The maximum Gasteiger partial charge on any atom is 0.239 e. The van der Waals surface area contributed by atoms with Crippen LogP contribution in [0.15, 0.2) is 6.20 Å². The van der Waals surface area contributed by atoms with Gasteiger partial charge >= 0.3 is 0 Å². The lowest BCUT2D eigenvalue weighted by Gasteiger charge is -2.22. The van der Waals surface area contributed by atoms with E-state index >= 15 is 0 Å². The van der Waals surface area contributed by atoms with Crippen LogP contribution in [0.3, 0.4) is 0 Å². The van der Waals surface area contributed by atoms with Crippen molar-refractivity contribution in [1.29, 1.82) is 0 Å². The van der Waals surface area contributed by atoms with E-state index in [9.17, 15) is 4.79 Å². The smallest absolute Gasteiger partial charge is 0.239 e. The van der Waals surface area contributed by atoms with Gasteiger partial charge in [0.05, 0.1) is 11.2 Å². The molecule has 90 valence electrons. The highest BCUT2D eigenvalue weighted by Crippen LogP contribution is 2.06. The number of hydrogen-bond donors (Lipinski definition) is 2. The summed E-state index contributed by atoms with van der Waals surface area (Å²) in [6.45, 7) is 6.14. The Kier molecular flexibility index (Phi) is 3.70. The van der Waals surface area contributed by atoms with E-state index in [2.05, 4.69) is 15.7 Å². The maximum atomic E-state index is 11.8. The number of nitrogens with zero attached hydrogens (tertiary/aromatic N) is 2. The summed E-state index contributed by atoms with van der Waals surface area (Å²) in [6, 6.07) is 0. The summed E-state index contributed by atoms with van der Waals surface area (Å²) < 4.78 is 1.75. The summed E-state index contributed by atoms with van der Waals surface area (Å²) in [7, 11) is 3.64. The van der Waals surface area contributed by atoms with E-state index in [1.54, 1.807) is 11.7 Å². The summed E-state index contributed by atoms with van der Waals surface area (Å²) in [6.07, 6.45) is 1.92. The van der Waals surface area contributed by atoms with Crippen LogP contribution in [-0.2, 0) is 18.4 Å². The third-order valence-corrected chi connectivity index (χ3v) is 2.75. The lowest BCUT2D eigenvalue weighted by atomic mass is 10.1. The Morgan fingerprint density at radius 1 is 1.56 bits per heavy atom. The molecule has 0 atom stereocenters. The van der Waals surface area contributed by atoms with Gasteiger partial charge in [-0.1, -0.05) is 0 Å². The molecule has 5 heteroatoms. The fourth-order valence-corrected chi connectivity index (χ4v) is 1.33. The van der Waals surface area contributed by atoms with Crippen molar-refractivity contribution in [2.45, 2.75) is 32.9 Å². The molecular weight excluding hydrogens is 204 g/mol.